The lowest BCUT2D eigenvalue weighted by molar-refractivity contribution is 0.0702. The zero-order valence-electron chi connectivity index (χ0n) is 16.6. The Morgan fingerprint density at radius 3 is 2.96 bits per heavy atom. The van der Waals surface area contributed by atoms with Crippen molar-refractivity contribution in [2.24, 2.45) is 0 Å². The van der Waals surface area contributed by atoms with Crippen molar-refractivity contribution in [1.82, 2.24) is 25.1 Å². The Hall–Kier alpha value is -2.12. The van der Waals surface area contributed by atoms with Crippen LogP contribution in [0.4, 0.5) is 4.79 Å². The van der Waals surface area contributed by atoms with E-state index in [-0.39, 0.29) is 12.1 Å². The number of hydrogen-bond donors (Lipinski definition) is 3. The lowest BCUT2D eigenvalue weighted by Gasteiger charge is -2.29. The Kier molecular flexibility index (Phi) is 6.34. The first kappa shape index (κ1) is 19.6. The van der Waals surface area contributed by atoms with E-state index in [0.29, 0.717) is 13.1 Å². The number of aromatic amines is 1. The minimum Gasteiger partial charge on any atom is -0.392 e. The van der Waals surface area contributed by atoms with Crippen LogP contribution in [0.5, 0.6) is 0 Å². The zero-order valence-corrected chi connectivity index (χ0v) is 16.6. The molecule has 1 saturated heterocycles. The molecule has 1 unspecified atom stereocenters. The van der Waals surface area contributed by atoms with Crippen LogP contribution in [0.25, 0.3) is 11.0 Å². The Labute approximate surface area is 160 Å². The molecule has 148 valence electrons. The lowest BCUT2D eigenvalue weighted by atomic mass is 10.1. The number of benzene rings is 1. The number of H-pyrrole nitrogens is 1. The maximum Gasteiger partial charge on any atom is 0.317 e. The first-order chi connectivity index (χ1) is 12.9. The van der Waals surface area contributed by atoms with Gasteiger partial charge in [0.1, 0.15) is 5.82 Å². The highest BCUT2D eigenvalue weighted by Crippen LogP contribution is 2.17. The number of aromatic nitrogens is 2. The maximum absolute atomic E-state index is 12.3. The summed E-state index contributed by atoms with van der Waals surface area (Å²) in [4.78, 5) is 24.1. The molecule has 7 nitrogen and oxygen atoms in total. The van der Waals surface area contributed by atoms with Gasteiger partial charge in [-0.05, 0) is 69.5 Å². The summed E-state index contributed by atoms with van der Waals surface area (Å²) in [5.74, 6) is 0.787. The van der Waals surface area contributed by atoms with Gasteiger partial charge in [0.05, 0.1) is 23.7 Å². The minimum atomic E-state index is -0.198. The van der Waals surface area contributed by atoms with Gasteiger partial charge in [-0.25, -0.2) is 9.78 Å². The van der Waals surface area contributed by atoms with Crippen LogP contribution in [0, 0.1) is 13.8 Å². The molecule has 1 atom stereocenters. The number of imidazole rings is 1. The first-order valence-corrected chi connectivity index (χ1v) is 9.77. The summed E-state index contributed by atoms with van der Waals surface area (Å²) in [6.07, 6.45) is 2.64. The van der Waals surface area contributed by atoms with Gasteiger partial charge in [0, 0.05) is 20.1 Å². The van der Waals surface area contributed by atoms with Crippen LogP contribution < -0.4 is 5.32 Å². The number of rotatable bonds is 6. The number of aryl methyl sites for hydroxylation is 2. The molecule has 2 aromatic rings. The standard InChI is InChI=1S/C20H31N5O2/c1-14-10-17-18(11-15(14)2)23-19(22-17)13-24(3)20(27)21-7-5-9-25-8-4-6-16(26)12-25/h10-11,16,26H,4-9,12-13H2,1-3H3,(H,21,27)(H,22,23). The second-order valence-electron chi connectivity index (χ2n) is 7.68. The Morgan fingerprint density at radius 1 is 1.41 bits per heavy atom. The molecule has 2 heterocycles. The molecule has 0 saturated carbocycles. The van der Waals surface area contributed by atoms with E-state index in [1.54, 1.807) is 11.9 Å². The number of carbonyl (C=O) groups is 1. The van der Waals surface area contributed by atoms with Gasteiger partial charge >= 0.3 is 6.03 Å². The number of β-amino-alcohol motifs (C(OH)–C–C–N with tert-alkyl or cyclic N) is 1. The summed E-state index contributed by atoms with van der Waals surface area (Å²) in [6.45, 7) is 7.93. The summed E-state index contributed by atoms with van der Waals surface area (Å²) in [5.41, 5.74) is 4.38. The van der Waals surface area contributed by atoms with E-state index < -0.39 is 0 Å². The highest BCUT2D eigenvalue weighted by Gasteiger charge is 2.17. The van der Waals surface area contributed by atoms with Gasteiger partial charge in [0.15, 0.2) is 0 Å². The highest BCUT2D eigenvalue weighted by atomic mass is 16.3. The van der Waals surface area contributed by atoms with Crippen molar-refractivity contribution in [3.63, 3.8) is 0 Å². The van der Waals surface area contributed by atoms with Crippen molar-refractivity contribution in [3.8, 4) is 0 Å². The molecular weight excluding hydrogens is 342 g/mol. The molecule has 1 aliphatic rings. The van der Waals surface area contributed by atoms with E-state index >= 15 is 0 Å². The third-order valence-electron chi connectivity index (χ3n) is 5.29. The van der Waals surface area contributed by atoms with Crippen LogP contribution in [0.1, 0.15) is 36.2 Å². The summed E-state index contributed by atoms with van der Waals surface area (Å²) < 4.78 is 0. The molecule has 0 spiro atoms. The van der Waals surface area contributed by atoms with Gasteiger partial charge < -0.3 is 25.2 Å². The third-order valence-corrected chi connectivity index (χ3v) is 5.29. The number of amides is 2. The van der Waals surface area contributed by atoms with Crippen LogP contribution in [0.15, 0.2) is 12.1 Å². The minimum absolute atomic E-state index is 0.0958. The largest absolute Gasteiger partial charge is 0.392 e. The second-order valence-corrected chi connectivity index (χ2v) is 7.68. The number of nitrogens with one attached hydrogen (secondary N) is 2. The number of piperidine rings is 1. The van der Waals surface area contributed by atoms with Crippen LogP contribution in [-0.2, 0) is 6.54 Å². The van der Waals surface area contributed by atoms with Crippen LogP contribution in [0.3, 0.4) is 0 Å². The van der Waals surface area contributed by atoms with Gasteiger partial charge in [-0.2, -0.15) is 0 Å². The maximum atomic E-state index is 12.3. The fourth-order valence-corrected chi connectivity index (χ4v) is 3.56. The molecule has 0 radical (unpaired) electrons. The topological polar surface area (TPSA) is 84.5 Å². The quantitative estimate of drug-likeness (QED) is 0.678. The monoisotopic (exact) mass is 373 g/mol. The molecule has 0 aliphatic carbocycles. The van der Waals surface area contributed by atoms with Crippen LogP contribution in [-0.4, -0.2) is 70.2 Å². The second kappa shape index (κ2) is 8.71. The molecular formula is C20H31N5O2. The average Bonchev–Trinajstić information content (AvgIpc) is 3.00. The summed E-state index contributed by atoms with van der Waals surface area (Å²) in [7, 11) is 1.78. The van der Waals surface area contributed by atoms with Gasteiger partial charge in [-0.3, -0.25) is 0 Å². The molecule has 2 amide bonds. The normalized spacial score (nSPS) is 18.0. The number of aliphatic hydroxyl groups excluding tert-OH is 1. The predicted molar refractivity (Wildman–Crippen MR) is 107 cm³/mol. The number of aliphatic hydroxyl groups is 1. The van der Waals surface area contributed by atoms with Crippen LogP contribution >= 0.6 is 0 Å². The SMILES string of the molecule is Cc1cc2nc(CN(C)C(=O)NCCCN3CCCC(O)C3)[nH]c2cc1C. The molecule has 7 heteroatoms. The highest BCUT2D eigenvalue weighted by molar-refractivity contribution is 5.77. The number of hydrogen-bond acceptors (Lipinski definition) is 4. The van der Waals surface area contributed by atoms with Gasteiger partial charge in [-0.1, -0.05) is 0 Å². The summed E-state index contributed by atoms with van der Waals surface area (Å²) >= 11 is 0. The van der Waals surface area contributed by atoms with E-state index in [1.807, 2.05) is 0 Å². The van der Waals surface area contributed by atoms with E-state index in [0.717, 1.165) is 55.8 Å². The third kappa shape index (κ3) is 5.20. The number of carbonyl (C=O) groups excluding carboxylic acids is 1. The van der Waals surface area contributed by atoms with E-state index in [2.05, 4.69) is 46.2 Å². The Bertz CT molecular complexity index is 749. The number of nitrogens with zero attached hydrogens (tertiary/aromatic N) is 3. The Morgan fingerprint density at radius 2 is 2.19 bits per heavy atom. The number of fused-ring (bicyclic) bond motifs is 1. The van der Waals surface area contributed by atoms with Crippen LogP contribution in [0.2, 0.25) is 0 Å². The molecule has 1 fully saturated rings. The average molecular weight is 374 g/mol. The fraction of sp³-hybridized carbons (Fsp3) is 0.600. The van der Waals surface area contributed by atoms with Gasteiger partial charge in [-0.15, -0.1) is 0 Å². The van der Waals surface area contributed by atoms with E-state index in [9.17, 15) is 9.90 Å². The van der Waals surface area contributed by atoms with Crippen molar-refractivity contribution in [2.75, 3.05) is 33.2 Å². The predicted octanol–water partition coefficient (Wildman–Crippen LogP) is 2.17. The zero-order chi connectivity index (χ0) is 19.4. The Balaban J connectivity index is 1.43. The molecule has 3 N–H and O–H groups in total. The summed E-state index contributed by atoms with van der Waals surface area (Å²) in [5, 5.41) is 12.7. The van der Waals surface area contributed by atoms with Crippen molar-refractivity contribution < 1.29 is 9.90 Å². The van der Waals surface area contributed by atoms with Crippen molar-refractivity contribution in [3.05, 3.63) is 29.1 Å². The first-order valence-electron chi connectivity index (χ1n) is 9.77. The van der Waals surface area contributed by atoms with Crippen molar-refractivity contribution in [1.29, 1.82) is 0 Å². The van der Waals surface area contributed by atoms with Gasteiger partial charge in [0.25, 0.3) is 0 Å². The smallest absolute Gasteiger partial charge is 0.317 e. The molecule has 0 bridgehead atoms. The molecule has 27 heavy (non-hydrogen) atoms. The van der Waals surface area contributed by atoms with Crippen molar-refractivity contribution >= 4 is 17.1 Å². The molecule has 3 rings (SSSR count). The van der Waals surface area contributed by atoms with Gasteiger partial charge in [0.2, 0.25) is 0 Å². The molecule has 1 aromatic heterocycles. The number of urea groups is 1. The number of likely N-dealkylation sites (tertiary alicyclic amines) is 1. The molecule has 1 aliphatic heterocycles. The fourth-order valence-electron chi connectivity index (χ4n) is 3.56. The molecule has 1 aromatic carbocycles. The van der Waals surface area contributed by atoms with Crippen molar-refractivity contribution in [2.45, 2.75) is 45.8 Å². The summed E-state index contributed by atoms with van der Waals surface area (Å²) in [6, 6.07) is 4.07. The lowest BCUT2D eigenvalue weighted by Crippen LogP contribution is -2.41. The van der Waals surface area contributed by atoms with E-state index in [1.165, 1.54) is 11.1 Å². The van der Waals surface area contributed by atoms with E-state index in [4.69, 9.17) is 0 Å².